The Hall–Kier alpha value is -3.13. The summed E-state index contributed by atoms with van der Waals surface area (Å²) in [6.07, 6.45) is 5.00. The number of aliphatic hydroxyl groups is 6. The predicted octanol–water partition coefficient (Wildman–Crippen LogP) is 4.15. The molecule has 6 N–H and O–H groups in total. The Kier molecular flexibility index (Phi) is 15.1. The molecule has 2 aliphatic carbocycles. The van der Waals surface area contributed by atoms with Gasteiger partial charge in [-0.05, 0) is 103 Å². The van der Waals surface area contributed by atoms with E-state index in [1.54, 1.807) is 0 Å². The van der Waals surface area contributed by atoms with E-state index in [1.165, 1.54) is 16.0 Å². The van der Waals surface area contributed by atoms with Crippen LogP contribution in [0.5, 0.6) is 5.75 Å². The fourth-order valence-electron chi connectivity index (χ4n) is 6.92. The molecule has 53 heavy (non-hydrogen) atoms. The number of carbonyl (C=O) groups is 1. The SMILES string of the molecule is CC(CCCC(=O)N(CCOCCO)C[C@H](O)[C@@H](O)[C@H](O)[C@H](O)CO)c1ccc(Cl)c(CCC2(c3cnccc3-c3ccccc3OC3CC3)CC2)c1. The van der Waals surface area contributed by atoms with Crippen molar-refractivity contribution in [3.8, 4) is 16.9 Å². The fourth-order valence-corrected chi connectivity index (χ4v) is 7.13. The monoisotopic (exact) mass is 754 g/mol. The van der Waals surface area contributed by atoms with Crippen molar-refractivity contribution in [3.05, 3.63) is 82.6 Å². The third-order valence-corrected chi connectivity index (χ3v) is 11.0. The molecule has 3 aromatic rings. The maximum atomic E-state index is 13.3. The summed E-state index contributed by atoms with van der Waals surface area (Å²) < 4.78 is 11.6. The first-order valence-corrected chi connectivity index (χ1v) is 19.2. The number of aryl methyl sites for hydroxylation is 1. The fraction of sp³-hybridized carbons (Fsp3) is 0.561. The lowest BCUT2D eigenvalue weighted by atomic mass is 9.84. The van der Waals surface area contributed by atoms with E-state index in [-0.39, 0.29) is 56.6 Å². The molecular formula is C41H55ClN2O9. The Morgan fingerprint density at radius 3 is 2.47 bits per heavy atom. The minimum atomic E-state index is -1.79. The molecule has 290 valence electrons. The van der Waals surface area contributed by atoms with Crippen molar-refractivity contribution in [1.82, 2.24) is 9.88 Å². The van der Waals surface area contributed by atoms with Crippen molar-refractivity contribution in [2.75, 3.05) is 39.5 Å². The molecule has 2 aromatic carbocycles. The summed E-state index contributed by atoms with van der Waals surface area (Å²) in [5, 5.41) is 59.4. The van der Waals surface area contributed by atoms with E-state index >= 15 is 0 Å². The molecule has 0 aliphatic heterocycles. The normalized spacial score (nSPS) is 17.8. The van der Waals surface area contributed by atoms with Crippen molar-refractivity contribution < 1.29 is 44.9 Å². The van der Waals surface area contributed by atoms with Crippen LogP contribution in [0.15, 0.2) is 60.9 Å². The number of pyridine rings is 1. The highest BCUT2D eigenvalue weighted by atomic mass is 35.5. The minimum Gasteiger partial charge on any atom is -0.490 e. The number of halogens is 1. The number of aromatic nitrogens is 1. The van der Waals surface area contributed by atoms with Crippen molar-refractivity contribution in [2.24, 2.45) is 0 Å². The second-order valence-corrected chi connectivity index (χ2v) is 15.0. The van der Waals surface area contributed by atoms with E-state index in [0.29, 0.717) is 12.5 Å². The largest absolute Gasteiger partial charge is 0.490 e. The zero-order valence-corrected chi connectivity index (χ0v) is 31.3. The molecule has 1 heterocycles. The Morgan fingerprint density at radius 2 is 1.75 bits per heavy atom. The van der Waals surface area contributed by atoms with Crippen LogP contribution in [0.25, 0.3) is 11.1 Å². The minimum absolute atomic E-state index is 0.0248. The van der Waals surface area contributed by atoms with Crippen LogP contribution in [0.2, 0.25) is 5.02 Å². The highest BCUT2D eigenvalue weighted by Crippen LogP contribution is 2.55. The van der Waals surface area contributed by atoms with E-state index in [2.05, 4.69) is 42.2 Å². The second kappa shape index (κ2) is 19.5. The van der Waals surface area contributed by atoms with Gasteiger partial charge in [0.2, 0.25) is 5.91 Å². The molecule has 2 fully saturated rings. The van der Waals surface area contributed by atoms with Gasteiger partial charge in [0, 0.05) is 42.5 Å². The molecule has 1 aromatic heterocycles. The van der Waals surface area contributed by atoms with Gasteiger partial charge in [0.15, 0.2) is 0 Å². The van der Waals surface area contributed by atoms with Crippen molar-refractivity contribution in [3.63, 3.8) is 0 Å². The van der Waals surface area contributed by atoms with E-state index in [1.807, 2.05) is 30.6 Å². The lowest BCUT2D eigenvalue weighted by molar-refractivity contribution is -0.140. The van der Waals surface area contributed by atoms with Gasteiger partial charge in [-0.2, -0.15) is 0 Å². The van der Waals surface area contributed by atoms with Crippen molar-refractivity contribution in [2.45, 2.75) is 107 Å². The van der Waals surface area contributed by atoms with Crippen LogP contribution in [0.3, 0.4) is 0 Å². The smallest absolute Gasteiger partial charge is 0.222 e. The first kappa shape index (κ1) is 41.0. The summed E-state index contributed by atoms with van der Waals surface area (Å²) in [6.45, 7) is 1.13. The summed E-state index contributed by atoms with van der Waals surface area (Å²) in [7, 11) is 0. The van der Waals surface area contributed by atoms with Crippen LogP contribution in [0.4, 0.5) is 0 Å². The first-order chi connectivity index (χ1) is 25.6. The number of amides is 1. The number of hydrogen-bond donors (Lipinski definition) is 6. The third kappa shape index (κ3) is 11.2. The highest BCUT2D eigenvalue weighted by molar-refractivity contribution is 6.31. The Balaban J connectivity index is 1.18. The number of carbonyl (C=O) groups excluding carboxylic acids is 1. The summed E-state index contributed by atoms with van der Waals surface area (Å²) in [5.74, 6) is 0.803. The van der Waals surface area contributed by atoms with Crippen LogP contribution in [-0.2, 0) is 21.4 Å². The van der Waals surface area contributed by atoms with E-state index < -0.39 is 31.0 Å². The molecule has 5 atom stereocenters. The molecule has 2 aliphatic rings. The maximum absolute atomic E-state index is 13.3. The van der Waals surface area contributed by atoms with E-state index in [9.17, 15) is 25.2 Å². The van der Waals surface area contributed by atoms with Gasteiger partial charge in [-0.1, -0.05) is 48.9 Å². The van der Waals surface area contributed by atoms with E-state index in [4.69, 9.17) is 31.3 Å². The number of para-hydroxylation sites is 1. The quantitative estimate of drug-likeness (QED) is 0.0773. The molecule has 2 saturated carbocycles. The summed E-state index contributed by atoms with van der Waals surface area (Å²) >= 11 is 6.77. The highest BCUT2D eigenvalue weighted by Gasteiger charge is 2.45. The standard InChI is InChI=1S/C41H55ClN2O9/c1-27(5-4-8-38(49)44(19-21-52-22-20-45)25-35(47)39(50)40(51)36(48)26-46)28-9-12-34(42)29(23-28)13-15-41(16-17-41)33-24-43-18-14-31(33)32-6-2-3-7-37(32)53-30-10-11-30/h2-3,6-7,9,12,14,18,23-24,27,30,35-36,39-40,45-48,50-51H,4-5,8,10-11,13,15-17,19-22,25-26H2,1H3/t27?,35-,36+,39+,40+/m0/s1. The number of nitrogens with zero attached hydrogens (tertiary/aromatic N) is 2. The molecule has 5 rings (SSSR count). The van der Waals surface area contributed by atoms with Gasteiger partial charge in [-0.3, -0.25) is 9.78 Å². The second-order valence-electron chi connectivity index (χ2n) is 14.6. The van der Waals surface area contributed by atoms with Crippen LogP contribution in [-0.4, -0.2) is 116 Å². The Morgan fingerprint density at radius 1 is 1.00 bits per heavy atom. The first-order valence-electron chi connectivity index (χ1n) is 18.8. The molecule has 1 amide bonds. The van der Waals surface area contributed by atoms with Crippen molar-refractivity contribution in [1.29, 1.82) is 0 Å². The zero-order chi connectivity index (χ0) is 38.0. The third-order valence-electron chi connectivity index (χ3n) is 10.6. The predicted molar refractivity (Wildman–Crippen MR) is 202 cm³/mol. The Bertz CT molecular complexity index is 1620. The number of benzene rings is 2. The lowest BCUT2D eigenvalue weighted by Crippen LogP contribution is -2.51. The number of hydrogen-bond acceptors (Lipinski definition) is 10. The van der Waals surface area contributed by atoms with Crippen LogP contribution >= 0.6 is 11.6 Å². The molecule has 0 radical (unpaired) electrons. The molecule has 11 nitrogen and oxygen atoms in total. The van der Waals surface area contributed by atoms with Gasteiger partial charge < -0.3 is 45.0 Å². The van der Waals surface area contributed by atoms with Crippen LogP contribution < -0.4 is 4.74 Å². The lowest BCUT2D eigenvalue weighted by Gasteiger charge is -2.30. The summed E-state index contributed by atoms with van der Waals surface area (Å²) in [6, 6.07) is 16.6. The number of rotatable bonds is 23. The average molecular weight is 755 g/mol. The molecule has 0 spiro atoms. The Labute approximate surface area is 317 Å². The van der Waals surface area contributed by atoms with Gasteiger partial charge in [0.05, 0.1) is 32.5 Å². The summed E-state index contributed by atoms with van der Waals surface area (Å²) in [4.78, 5) is 19.2. The zero-order valence-electron chi connectivity index (χ0n) is 30.5. The van der Waals surface area contributed by atoms with Gasteiger partial charge in [0.25, 0.3) is 0 Å². The molecule has 1 unspecified atom stereocenters. The van der Waals surface area contributed by atoms with Gasteiger partial charge in [0.1, 0.15) is 30.2 Å². The van der Waals surface area contributed by atoms with E-state index in [0.717, 1.165) is 72.4 Å². The van der Waals surface area contributed by atoms with Crippen molar-refractivity contribution >= 4 is 17.5 Å². The molecule has 0 bridgehead atoms. The summed E-state index contributed by atoms with van der Waals surface area (Å²) in [5.41, 5.74) is 5.80. The average Bonchev–Trinajstić information content (AvgIpc) is 4.12. The number of ether oxygens (including phenoxy) is 2. The van der Waals surface area contributed by atoms with Gasteiger partial charge >= 0.3 is 0 Å². The van der Waals surface area contributed by atoms with Crippen LogP contribution in [0, 0.1) is 0 Å². The van der Waals surface area contributed by atoms with Gasteiger partial charge in [-0.15, -0.1) is 0 Å². The number of aliphatic hydroxyl groups excluding tert-OH is 6. The topological polar surface area (TPSA) is 173 Å². The van der Waals surface area contributed by atoms with Crippen LogP contribution in [0.1, 0.15) is 80.9 Å². The van der Waals surface area contributed by atoms with Gasteiger partial charge in [-0.25, -0.2) is 0 Å². The molecular weight excluding hydrogens is 700 g/mol. The molecule has 12 heteroatoms. The maximum Gasteiger partial charge on any atom is 0.222 e. The molecule has 0 saturated heterocycles.